The number of aryl methyl sites for hydroxylation is 1. The van der Waals surface area contributed by atoms with Crippen molar-refractivity contribution < 1.29 is 9.53 Å². The molecule has 0 spiro atoms. The lowest BCUT2D eigenvalue weighted by molar-refractivity contribution is 0.0734. The molecule has 0 atom stereocenters. The molecule has 0 bridgehead atoms. The fourth-order valence-corrected chi connectivity index (χ4v) is 6.31. The van der Waals surface area contributed by atoms with E-state index in [4.69, 9.17) is 4.74 Å². The second kappa shape index (κ2) is 9.02. The van der Waals surface area contributed by atoms with Crippen molar-refractivity contribution in [2.24, 2.45) is 7.05 Å². The number of aromatic nitrogens is 2. The van der Waals surface area contributed by atoms with E-state index in [1.807, 2.05) is 19.1 Å². The smallest absolute Gasteiger partial charge is 0.343 e. The Morgan fingerprint density at radius 1 is 0.643 bits per heavy atom. The zero-order chi connectivity index (χ0) is 29.4. The summed E-state index contributed by atoms with van der Waals surface area (Å²) >= 11 is 1.19. The monoisotopic (exact) mass is 574 g/mol. The Morgan fingerprint density at radius 3 is 1.71 bits per heavy atom. The van der Waals surface area contributed by atoms with Gasteiger partial charge in [-0.1, -0.05) is 17.7 Å². The average Bonchev–Trinajstić information content (AvgIpc) is 3.35. The van der Waals surface area contributed by atoms with Crippen molar-refractivity contribution in [3.63, 3.8) is 0 Å². The van der Waals surface area contributed by atoms with E-state index in [-0.39, 0.29) is 43.6 Å². The van der Waals surface area contributed by atoms with Gasteiger partial charge < -0.3 is 4.74 Å². The fraction of sp³-hybridized carbons (Fsp3) is 0.0625. The first-order chi connectivity index (χ1) is 20.1. The van der Waals surface area contributed by atoms with Crippen molar-refractivity contribution in [3.8, 4) is 11.4 Å². The molecule has 4 aromatic carbocycles. The van der Waals surface area contributed by atoms with Crippen LogP contribution in [0.15, 0.2) is 96.8 Å². The normalized spacial score (nSPS) is 11.7. The summed E-state index contributed by atoms with van der Waals surface area (Å²) in [4.78, 5) is 77.8. The quantitative estimate of drug-likeness (QED) is 0.179. The number of benzene rings is 4. The lowest BCUT2D eigenvalue weighted by Crippen LogP contribution is -2.23. The molecule has 0 amide bonds. The van der Waals surface area contributed by atoms with Crippen LogP contribution in [0.25, 0.3) is 47.4 Å². The van der Waals surface area contributed by atoms with Gasteiger partial charge in [-0.2, -0.15) is 0 Å². The maximum absolute atomic E-state index is 13.5. The molecule has 0 radical (unpaired) electrons. The van der Waals surface area contributed by atoms with E-state index < -0.39 is 33.6 Å². The van der Waals surface area contributed by atoms with Crippen LogP contribution < -0.4 is 32.4 Å². The van der Waals surface area contributed by atoms with E-state index in [2.05, 4.69) is 0 Å². The largest absolute Gasteiger partial charge is 0.423 e. The first kappa shape index (κ1) is 25.5. The van der Waals surface area contributed by atoms with Gasteiger partial charge in [0, 0.05) is 27.2 Å². The minimum atomic E-state index is -0.604. The zero-order valence-corrected chi connectivity index (χ0v) is 22.9. The van der Waals surface area contributed by atoms with Crippen LogP contribution in [0.4, 0.5) is 0 Å². The summed E-state index contributed by atoms with van der Waals surface area (Å²) in [5.74, 6) is -0.194. The van der Waals surface area contributed by atoms with Crippen molar-refractivity contribution in [2.75, 3.05) is 0 Å². The molecule has 0 saturated heterocycles. The van der Waals surface area contributed by atoms with Gasteiger partial charge in [0.05, 0.1) is 32.8 Å². The Morgan fingerprint density at radius 2 is 1.14 bits per heavy atom. The van der Waals surface area contributed by atoms with E-state index >= 15 is 0 Å². The third-order valence-electron chi connectivity index (χ3n) is 7.48. The molecule has 0 saturated carbocycles. The van der Waals surface area contributed by atoms with Gasteiger partial charge in [0.15, 0.2) is 5.43 Å². The Labute approximate surface area is 238 Å². The summed E-state index contributed by atoms with van der Waals surface area (Å²) in [7, 11) is 1.38. The van der Waals surface area contributed by atoms with E-state index in [0.717, 1.165) is 14.7 Å². The Bertz CT molecular complexity index is 2560. The van der Waals surface area contributed by atoms with Crippen LogP contribution in [0.1, 0.15) is 15.9 Å². The number of nitrogens with zero attached hydrogens (tertiary/aromatic N) is 2. The van der Waals surface area contributed by atoms with Crippen LogP contribution in [-0.2, 0) is 7.05 Å². The standard InChI is InChI=1S/C32H18N2O7S/c1-15-3-9-18(10-4-15)41-32(40)16-5-7-17(8-6-16)34-30(38)20-12-24-26(14-22(20)31(34)39)42-25-13-21-19(11-23(25)27(24)35)28(36)33(2)29(21)37/h3-14H,1-2H3. The zero-order valence-electron chi connectivity index (χ0n) is 22.1. The van der Waals surface area contributed by atoms with E-state index in [9.17, 15) is 28.8 Å². The topological polar surface area (TPSA) is 122 Å². The number of ether oxygens (including phenoxy) is 1. The molecular formula is C32H18N2O7S. The number of esters is 1. The summed E-state index contributed by atoms with van der Waals surface area (Å²) in [6, 6.07) is 18.8. The third kappa shape index (κ3) is 3.69. The molecule has 0 unspecified atom stereocenters. The molecule has 3 heterocycles. The van der Waals surface area contributed by atoms with Gasteiger partial charge >= 0.3 is 5.97 Å². The minimum absolute atomic E-state index is 0.0751. The number of hydrogen-bond acceptors (Lipinski definition) is 8. The molecule has 204 valence electrons. The first-order valence-corrected chi connectivity index (χ1v) is 13.6. The fourth-order valence-electron chi connectivity index (χ4n) is 5.19. The minimum Gasteiger partial charge on any atom is -0.423 e. The van der Waals surface area contributed by atoms with Crippen molar-refractivity contribution in [3.05, 3.63) is 136 Å². The summed E-state index contributed by atoms with van der Waals surface area (Å²) in [6.45, 7) is 1.92. The van der Waals surface area contributed by atoms with Gasteiger partial charge in [0.1, 0.15) is 5.75 Å². The Balaban J connectivity index is 1.34. The van der Waals surface area contributed by atoms with Crippen molar-refractivity contribution in [2.45, 2.75) is 6.92 Å². The number of fused-ring (bicyclic) bond motifs is 4. The maximum Gasteiger partial charge on any atom is 0.343 e. The number of carbonyl (C=O) groups is 1. The molecular weight excluding hydrogens is 556 g/mol. The summed E-state index contributed by atoms with van der Waals surface area (Å²) < 4.78 is 8.34. The van der Waals surface area contributed by atoms with Gasteiger partial charge in [-0.15, -0.1) is 11.3 Å². The molecule has 3 aromatic heterocycles. The molecule has 0 aliphatic rings. The van der Waals surface area contributed by atoms with Crippen LogP contribution in [-0.4, -0.2) is 15.1 Å². The highest BCUT2D eigenvalue weighted by Gasteiger charge is 2.19. The van der Waals surface area contributed by atoms with Crippen molar-refractivity contribution >= 4 is 59.0 Å². The molecule has 0 aliphatic carbocycles. The number of rotatable bonds is 3. The summed E-state index contributed by atoms with van der Waals surface area (Å²) in [6.07, 6.45) is 0. The third-order valence-corrected chi connectivity index (χ3v) is 8.59. The van der Waals surface area contributed by atoms with Gasteiger partial charge in [-0.25, -0.2) is 9.36 Å². The molecule has 7 aromatic rings. The highest BCUT2D eigenvalue weighted by molar-refractivity contribution is 7.24. The van der Waals surface area contributed by atoms with Gasteiger partial charge in [-0.05, 0) is 67.6 Å². The van der Waals surface area contributed by atoms with E-state index in [0.29, 0.717) is 15.1 Å². The van der Waals surface area contributed by atoms with Crippen LogP contribution in [0.2, 0.25) is 0 Å². The summed E-state index contributed by atoms with van der Waals surface area (Å²) in [5.41, 5.74) is -0.993. The molecule has 7 rings (SSSR count). The lowest BCUT2D eigenvalue weighted by atomic mass is 10.1. The molecule has 42 heavy (non-hydrogen) atoms. The Kier molecular flexibility index (Phi) is 5.47. The molecule has 0 aliphatic heterocycles. The molecule has 10 heteroatoms. The summed E-state index contributed by atoms with van der Waals surface area (Å²) in [5, 5.41) is 1.07. The molecule has 0 fully saturated rings. The molecule has 0 N–H and O–H groups in total. The predicted octanol–water partition coefficient (Wildman–Crippen LogP) is 3.69. The van der Waals surface area contributed by atoms with Crippen LogP contribution in [0.5, 0.6) is 5.75 Å². The van der Waals surface area contributed by atoms with Crippen molar-refractivity contribution in [1.82, 2.24) is 9.13 Å². The lowest BCUT2D eigenvalue weighted by Gasteiger charge is -2.06. The van der Waals surface area contributed by atoms with Crippen LogP contribution in [0.3, 0.4) is 0 Å². The van der Waals surface area contributed by atoms with Crippen molar-refractivity contribution in [1.29, 1.82) is 0 Å². The predicted molar refractivity (Wildman–Crippen MR) is 163 cm³/mol. The van der Waals surface area contributed by atoms with Crippen LogP contribution >= 0.6 is 11.3 Å². The highest BCUT2D eigenvalue weighted by atomic mass is 32.1. The first-order valence-electron chi connectivity index (χ1n) is 12.8. The SMILES string of the molecule is Cc1ccc(OC(=O)c2ccc(-n3c(=O)c4cc5sc6cc7c(=O)n(C)c(=O)c7cc6c(=O)c5cc4c3=O)cc2)cc1. The Hall–Kier alpha value is -5.48. The maximum atomic E-state index is 13.5. The van der Waals surface area contributed by atoms with E-state index in [1.165, 1.54) is 66.9 Å². The number of hydrogen-bond donors (Lipinski definition) is 0. The van der Waals surface area contributed by atoms with E-state index in [1.54, 1.807) is 12.1 Å². The second-order valence-corrected chi connectivity index (χ2v) is 11.2. The number of carbonyl (C=O) groups excluding carboxylic acids is 1. The van der Waals surface area contributed by atoms with Crippen LogP contribution in [0, 0.1) is 6.92 Å². The van der Waals surface area contributed by atoms with Gasteiger partial charge in [0.25, 0.3) is 22.2 Å². The highest BCUT2D eigenvalue weighted by Crippen LogP contribution is 2.29. The second-order valence-electron chi connectivity index (χ2n) is 10.1. The molecule has 9 nitrogen and oxygen atoms in total. The van der Waals surface area contributed by atoms with Gasteiger partial charge in [-0.3, -0.25) is 28.5 Å². The average molecular weight is 575 g/mol. The van der Waals surface area contributed by atoms with Gasteiger partial charge in [0.2, 0.25) is 0 Å².